The molecular weight excluding hydrogens is 329 g/mol. The van der Waals surface area contributed by atoms with Crippen LogP contribution in [-0.2, 0) is 29.3 Å². The number of hydrogen-bond acceptors (Lipinski definition) is 8. The monoisotopic (exact) mass is 341 g/mol. The van der Waals surface area contributed by atoms with Crippen molar-refractivity contribution in [1.82, 2.24) is 0 Å². The van der Waals surface area contributed by atoms with Crippen LogP contribution in [0.5, 0.6) is 0 Å². The van der Waals surface area contributed by atoms with E-state index in [1.165, 1.54) is 24.3 Å². The second-order valence-corrected chi connectivity index (χ2v) is 6.94. The first-order valence-corrected chi connectivity index (χ1v) is 8.58. The van der Waals surface area contributed by atoms with Crippen molar-refractivity contribution >= 4 is 32.0 Å². The van der Waals surface area contributed by atoms with Gasteiger partial charge in [0, 0.05) is 11.9 Å². The smallest absolute Gasteiger partial charge is 0.394 e. The van der Waals surface area contributed by atoms with Crippen LogP contribution in [0.2, 0.25) is 0 Å². The summed E-state index contributed by atoms with van der Waals surface area (Å²) >= 11 is 0. The Labute approximate surface area is 120 Å². The number of anilines is 1. The van der Waals surface area contributed by atoms with E-state index in [0.717, 1.165) is 6.26 Å². The molecule has 0 heterocycles. The van der Waals surface area contributed by atoms with Crippen LogP contribution in [0, 0.1) is 0 Å². The summed E-state index contributed by atoms with van der Waals surface area (Å²) in [6, 6.07) is 3.53. The van der Waals surface area contributed by atoms with E-state index in [2.05, 4.69) is 9.50 Å². The van der Waals surface area contributed by atoms with E-state index < -0.39 is 39.0 Å². The van der Waals surface area contributed by atoms with Gasteiger partial charge < -0.3 is 14.6 Å². The molecule has 0 fully saturated rings. The molecule has 0 aliphatic rings. The van der Waals surface area contributed by atoms with Gasteiger partial charge in [0.15, 0.2) is 9.84 Å². The molecule has 0 aliphatic carbocycles. The maximum atomic E-state index is 12.2. The number of carbonyl (C=O) groups excluding carboxylic acids is 1. The summed E-state index contributed by atoms with van der Waals surface area (Å²) < 4.78 is 58.6. The lowest BCUT2D eigenvalue weighted by Crippen LogP contribution is -2.35. The number of sulfone groups is 1. The molecule has 0 aliphatic heterocycles. The summed E-state index contributed by atoms with van der Waals surface area (Å²) in [5, 5.41) is 11.3. The number of halogens is 1. The van der Waals surface area contributed by atoms with Crippen LogP contribution in [0.1, 0.15) is 0 Å². The molecule has 0 bridgehead atoms. The largest absolute Gasteiger partial charge is 0.491 e. The number of carbonyl (C=O) groups is 1. The van der Waals surface area contributed by atoms with E-state index in [4.69, 9.17) is 5.11 Å². The highest BCUT2D eigenvalue weighted by molar-refractivity contribution is 7.90. The molecule has 0 saturated heterocycles. The second-order valence-electron chi connectivity index (χ2n) is 3.97. The van der Waals surface area contributed by atoms with Crippen molar-refractivity contribution in [3.63, 3.8) is 0 Å². The Kier molecular flexibility index (Phi) is 5.25. The summed E-state index contributed by atoms with van der Waals surface area (Å²) in [6.45, 7) is -0.859. The molecule has 1 rings (SSSR count). The normalized spacial score (nSPS) is 13.5. The van der Waals surface area contributed by atoms with Crippen molar-refractivity contribution in [1.29, 1.82) is 0 Å². The molecule has 21 heavy (non-hydrogen) atoms. The number of rotatable bonds is 6. The van der Waals surface area contributed by atoms with Gasteiger partial charge >= 0.3 is 16.5 Å². The zero-order valence-corrected chi connectivity index (χ0v) is 12.3. The third kappa shape index (κ3) is 5.65. The van der Waals surface area contributed by atoms with Crippen molar-refractivity contribution in [2.75, 3.05) is 18.2 Å². The highest BCUT2D eigenvalue weighted by atomic mass is 32.3. The van der Waals surface area contributed by atoms with Gasteiger partial charge in [0.25, 0.3) is 0 Å². The van der Waals surface area contributed by atoms with Crippen molar-refractivity contribution in [3.8, 4) is 0 Å². The maximum absolute atomic E-state index is 12.2. The Balaban J connectivity index is 2.85. The van der Waals surface area contributed by atoms with Crippen LogP contribution in [0.4, 0.5) is 9.57 Å². The number of aliphatic hydroxyl groups excluding tert-OH is 1. The molecule has 1 aromatic rings. The second kappa shape index (κ2) is 6.37. The Morgan fingerprint density at radius 1 is 1.29 bits per heavy atom. The fourth-order valence-corrected chi connectivity index (χ4v) is 2.28. The Morgan fingerprint density at radius 2 is 1.81 bits per heavy atom. The van der Waals surface area contributed by atoms with Gasteiger partial charge in [-0.2, -0.15) is 8.42 Å². The van der Waals surface area contributed by atoms with Crippen LogP contribution < -0.4 is 5.32 Å². The SMILES string of the molecule is CS(=O)(=O)c1ccc(N[C@@H](CO)C(=O)OS(=O)(=O)F)cc1. The highest BCUT2D eigenvalue weighted by Gasteiger charge is 2.25. The van der Waals surface area contributed by atoms with Crippen molar-refractivity contribution < 1.29 is 34.8 Å². The first-order valence-electron chi connectivity index (χ1n) is 5.38. The third-order valence-corrected chi connectivity index (χ3v) is 3.76. The van der Waals surface area contributed by atoms with E-state index in [9.17, 15) is 25.5 Å². The van der Waals surface area contributed by atoms with Crippen LogP contribution in [0.3, 0.4) is 0 Å². The zero-order valence-electron chi connectivity index (χ0n) is 10.7. The minimum atomic E-state index is -5.48. The topological polar surface area (TPSA) is 127 Å². The van der Waals surface area contributed by atoms with Gasteiger partial charge in [0.05, 0.1) is 11.5 Å². The predicted octanol–water partition coefficient (Wildman–Crippen LogP) is -0.380. The molecule has 118 valence electrons. The van der Waals surface area contributed by atoms with Crippen molar-refractivity contribution in [3.05, 3.63) is 24.3 Å². The zero-order chi connectivity index (χ0) is 16.3. The molecule has 0 saturated carbocycles. The van der Waals surface area contributed by atoms with Gasteiger partial charge in [-0.15, -0.1) is 0 Å². The number of hydrogen-bond donors (Lipinski definition) is 2. The van der Waals surface area contributed by atoms with Crippen molar-refractivity contribution in [2.24, 2.45) is 0 Å². The first kappa shape index (κ1) is 17.3. The lowest BCUT2D eigenvalue weighted by Gasteiger charge is -2.14. The molecule has 0 spiro atoms. The molecule has 0 amide bonds. The Hall–Kier alpha value is -1.72. The minimum absolute atomic E-state index is 0.0301. The molecule has 0 unspecified atom stereocenters. The summed E-state index contributed by atoms with van der Waals surface area (Å²) in [5.74, 6) is -1.54. The number of nitrogens with one attached hydrogen (secondary N) is 1. The summed E-state index contributed by atoms with van der Waals surface area (Å²) in [5.41, 5.74) is 0.203. The van der Waals surface area contributed by atoms with E-state index >= 15 is 0 Å². The third-order valence-electron chi connectivity index (χ3n) is 2.27. The average molecular weight is 341 g/mol. The number of aliphatic hydroxyl groups is 1. The van der Waals surface area contributed by atoms with E-state index in [1.54, 1.807) is 0 Å². The lowest BCUT2D eigenvalue weighted by molar-refractivity contribution is -0.135. The lowest BCUT2D eigenvalue weighted by atomic mass is 10.2. The fraction of sp³-hybridized carbons (Fsp3) is 0.300. The Morgan fingerprint density at radius 3 is 2.19 bits per heavy atom. The van der Waals surface area contributed by atoms with Gasteiger partial charge in [-0.3, -0.25) is 0 Å². The highest BCUT2D eigenvalue weighted by Crippen LogP contribution is 2.15. The van der Waals surface area contributed by atoms with Gasteiger partial charge in [-0.05, 0) is 24.3 Å². The molecule has 0 aromatic heterocycles. The van der Waals surface area contributed by atoms with Gasteiger partial charge in [-0.1, -0.05) is 3.89 Å². The summed E-state index contributed by atoms with van der Waals surface area (Å²) in [4.78, 5) is 11.3. The standard InChI is InChI=1S/C10H12FNO7S2/c1-20(15,16)8-4-2-7(3-5-8)12-9(6-13)10(14)19-21(11,17)18/h2-5,9,12-13H,6H2,1H3/t9-/m0/s1. The molecular formula is C10H12FNO7S2. The van der Waals surface area contributed by atoms with Crippen molar-refractivity contribution in [2.45, 2.75) is 10.9 Å². The van der Waals surface area contributed by atoms with Crippen LogP contribution in [-0.4, -0.2) is 46.8 Å². The molecule has 8 nitrogen and oxygen atoms in total. The number of benzene rings is 1. The predicted molar refractivity (Wildman–Crippen MR) is 70.2 cm³/mol. The quantitative estimate of drug-likeness (QED) is 0.671. The van der Waals surface area contributed by atoms with Crippen LogP contribution in [0.15, 0.2) is 29.2 Å². The van der Waals surface area contributed by atoms with Crippen LogP contribution >= 0.6 is 0 Å². The first-order chi connectivity index (χ1) is 9.53. The van der Waals surface area contributed by atoms with Gasteiger partial charge in [-0.25, -0.2) is 13.2 Å². The van der Waals surface area contributed by atoms with E-state index in [-0.39, 0.29) is 10.6 Å². The van der Waals surface area contributed by atoms with E-state index in [0.29, 0.717) is 0 Å². The average Bonchev–Trinajstić information content (AvgIpc) is 2.33. The molecule has 2 N–H and O–H groups in total. The molecule has 0 radical (unpaired) electrons. The molecule has 1 aromatic carbocycles. The summed E-state index contributed by atoms with van der Waals surface area (Å²) in [6.07, 6.45) is 1.01. The van der Waals surface area contributed by atoms with Gasteiger partial charge in [0.2, 0.25) is 0 Å². The molecule has 1 atom stereocenters. The molecule has 11 heteroatoms. The van der Waals surface area contributed by atoms with Gasteiger partial charge in [0.1, 0.15) is 6.04 Å². The minimum Gasteiger partial charge on any atom is -0.394 e. The fourth-order valence-electron chi connectivity index (χ4n) is 1.33. The van der Waals surface area contributed by atoms with Crippen LogP contribution in [0.25, 0.3) is 0 Å². The Bertz CT molecular complexity index is 712. The van der Waals surface area contributed by atoms with E-state index in [1.807, 2.05) is 0 Å². The maximum Gasteiger partial charge on any atom is 0.491 e. The summed E-state index contributed by atoms with van der Waals surface area (Å²) in [7, 11) is -8.87.